The lowest BCUT2D eigenvalue weighted by atomic mass is 10.1. The summed E-state index contributed by atoms with van der Waals surface area (Å²) in [6.45, 7) is 6.44. The van der Waals surface area contributed by atoms with Crippen molar-refractivity contribution in [3.8, 4) is 11.3 Å². The van der Waals surface area contributed by atoms with Crippen LogP contribution in [0, 0.1) is 0 Å². The number of ether oxygens (including phenoxy) is 3. The number of nitrogens with zero attached hydrogens (tertiary/aromatic N) is 11. The Balaban J connectivity index is 0.683. The number of aryl methyl sites for hydroxylation is 1. The number of nitrogens with two attached hydrogens (primary N) is 3. The number of amides is 1. The number of ketones is 1. The molecule has 1 aliphatic heterocycles. The van der Waals surface area contributed by atoms with Gasteiger partial charge in [-0.15, -0.1) is 0 Å². The zero-order chi connectivity index (χ0) is 42.4. The Kier molecular flexibility index (Phi) is 14.8. The number of unbranched alkanes of at least 4 members (excludes halogenated alkanes) is 2. The number of hydrogen-bond acceptors (Lipinski definition) is 19. The summed E-state index contributed by atoms with van der Waals surface area (Å²) >= 11 is 0. The average molecular weight is 838 g/mol. The molecular formula is C40H51N15O6. The van der Waals surface area contributed by atoms with E-state index in [1.807, 2.05) is 16.8 Å². The van der Waals surface area contributed by atoms with Gasteiger partial charge in [0.25, 0.3) is 11.9 Å². The van der Waals surface area contributed by atoms with Crippen LogP contribution in [0.5, 0.6) is 0 Å². The fourth-order valence-corrected chi connectivity index (χ4v) is 6.76. The molecule has 6 heterocycles. The van der Waals surface area contributed by atoms with Crippen LogP contribution in [0.25, 0.3) is 33.4 Å². The summed E-state index contributed by atoms with van der Waals surface area (Å²) in [5.41, 5.74) is 22.2. The van der Waals surface area contributed by atoms with Crippen molar-refractivity contribution < 1.29 is 28.2 Å². The van der Waals surface area contributed by atoms with Gasteiger partial charge in [-0.05, 0) is 31.0 Å². The molecular weight excluding hydrogens is 787 g/mol. The first-order chi connectivity index (χ1) is 29.9. The first-order valence-corrected chi connectivity index (χ1v) is 20.4. The monoisotopic (exact) mass is 837 g/mol. The van der Waals surface area contributed by atoms with Crippen LogP contribution >= 0.6 is 0 Å². The lowest BCUT2D eigenvalue weighted by molar-refractivity contribution is -0.120. The number of anilines is 4. The molecule has 0 atom stereocenters. The van der Waals surface area contributed by atoms with E-state index < -0.39 is 0 Å². The van der Waals surface area contributed by atoms with E-state index in [-0.39, 0.29) is 17.7 Å². The number of hydrogen-bond donors (Lipinski definition) is 4. The third-order valence-corrected chi connectivity index (χ3v) is 10.0. The maximum atomic E-state index is 12.6. The molecule has 0 radical (unpaired) electrons. The van der Waals surface area contributed by atoms with E-state index in [9.17, 15) is 9.59 Å². The number of fused-ring (bicyclic) bond motifs is 2. The van der Waals surface area contributed by atoms with Gasteiger partial charge in [0.05, 0.1) is 50.6 Å². The summed E-state index contributed by atoms with van der Waals surface area (Å²) in [7, 11) is 0. The van der Waals surface area contributed by atoms with Crippen molar-refractivity contribution in [2.24, 2.45) is 5.73 Å². The highest BCUT2D eigenvalue weighted by molar-refractivity contribution is 5.99. The van der Waals surface area contributed by atoms with E-state index in [4.69, 9.17) is 40.9 Å². The number of oxazole rings is 1. The molecule has 21 nitrogen and oxygen atoms in total. The molecule has 322 valence electrons. The minimum absolute atomic E-state index is 0.0965. The van der Waals surface area contributed by atoms with Crippen LogP contribution in [0.2, 0.25) is 0 Å². The van der Waals surface area contributed by atoms with Gasteiger partial charge in [-0.25, -0.2) is 34.6 Å². The van der Waals surface area contributed by atoms with Gasteiger partial charge in [0, 0.05) is 94.6 Å². The second-order valence-corrected chi connectivity index (χ2v) is 14.3. The number of rotatable bonds is 23. The van der Waals surface area contributed by atoms with Crippen molar-refractivity contribution in [3.63, 3.8) is 0 Å². The predicted octanol–water partition coefficient (Wildman–Crippen LogP) is 2.16. The van der Waals surface area contributed by atoms with E-state index in [1.54, 1.807) is 18.5 Å². The van der Waals surface area contributed by atoms with Gasteiger partial charge in [0.2, 0.25) is 11.9 Å². The Morgan fingerprint density at radius 3 is 2.15 bits per heavy atom. The zero-order valence-corrected chi connectivity index (χ0v) is 33.9. The number of nitrogen functional groups attached to an aromatic ring is 2. The molecule has 7 rings (SSSR count). The molecule has 6 aromatic rings. The maximum absolute atomic E-state index is 12.6. The summed E-state index contributed by atoms with van der Waals surface area (Å²) in [5.74, 6) is 1.48. The van der Waals surface area contributed by atoms with Crippen molar-refractivity contribution in [1.29, 1.82) is 0 Å². The van der Waals surface area contributed by atoms with Gasteiger partial charge >= 0.3 is 0 Å². The molecule has 0 bridgehead atoms. The number of piperazine rings is 1. The maximum Gasteiger partial charge on any atom is 0.292 e. The zero-order valence-electron chi connectivity index (χ0n) is 33.9. The predicted molar refractivity (Wildman–Crippen MR) is 226 cm³/mol. The molecule has 7 N–H and O–H groups in total. The fourth-order valence-electron chi connectivity index (χ4n) is 6.76. The molecule has 1 aromatic carbocycles. The molecule has 21 heteroatoms. The third-order valence-electron chi connectivity index (χ3n) is 10.0. The van der Waals surface area contributed by atoms with Gasteiger partial charge in [0.15, 0.2) is 11.2 Å². The van der Waals surface area contributed by atoms with Crippen LogP contribution in [0.15, 0.2) is 53.7 Å². The standard InChI is InChI=1S/C40H51N15O6/c41-21-27-22-45-39(46-23-27)53-10-12-54(13-11-53)40-47-24-29(25-48-40)37(57)44-8-15-59-17-19-60-18-16-58-14-7-30(56)4-2-1-3-9-55-36-33(35(42)49-26-50-36)34(52-55)28-5-6-32-31(20-28)51-38(43)61-32/h5-6,20,22-26H,1-4,7-19,21,41H2,(H2,43,51)(H,44,57)(H2,42,49,50). The number of carbonyl (C=O) groups is 2. The number of carbonyl (C=O) groups excluding carboxylic acids is 2. The second-order valence-electron chi connectivity index (χ2n) is 14.3. The molecule has 0 saturated carbocycles. The van der Waals surface area contributed by atoms with E-state index >= 15 is 0 Å². The molecule has 0 spiro atoms. The summed E-state index contributed by atoms with van der Waals surface area (Å²) in [6.07, 6.45) is 11.3. The Morgan fingerprint density at radius 2 is 1.44 bits per heavy atom. The number of benzene rings is 1. The summed E-state index contributed by atoms with van der Waals surface area (Å²) in [4.78, 5) is 59.6. The first-order valence-electron chi connectivity index (χ1n) is 20.4. The van der Waals surface area contributed by atoms with E-state index in [2.05, 4.69) is 50.0 Å². The highest BCUT2D eigenvalue weighted by Gasteiger charge is 2.22. The molecule has 0 unspecified atom stereocenters. The number of Topliss-reactive ketones (excluding diaryl/α,β-unsaturated/α-hetero) is 1. The largest absolute Gasteiger partial charge is 0.424 e. The van der Waals surface area contributed by atoms with Gasteiger partial charge in [0.1, 0.15) is 29.1 Å². The van der Waals surface area contributed by atoms with Gasteiger partial charge in [-0.3, -0.25) is 9.59 Å². The van der Waals surface area contributed by atoms with Crippen LogP contribution in [0.3, 0.4) is 0 Å². The van der Waals surface area contributed by atoms with Gasteiger partial charge in [-0.1, -0.05) is 6.42 Å². The average Bonchev–Trinajstić information content (AvgIpc) is 3.86. The van der Waals surface area contributed by atoms with Crippen molar-refractivity contribution in [1.82, 2.24) is 50.0 Å². The van der Waals surface area contributed by atoms with E-state index in [1.165, 1.54) is 18.7 Å². The van der Waals surface area contributed by atoms with Crippen molar-refractivity contribution in [2.45, 2.75) is 45.2 Å². The summed E-state index contributed by atoms with van der Waals surface area (Å²) in [6, 6.07) is 5.62. The Bertz CT molecular complexity index is 2350. The van der Waals surface area contributed by atoms with Gasteiger partial charge in [-0.2, -0.15) is 10.1 Å². The molecule has 0 aliphatic carbocycles. The molecule has 1 saturated heterocycles. The van der Waals surface area contributed by atoms with Crippen molar-refractivity contribution >= 4 is 57.6 Å². The SMILES string of the molecule is NCc1cnc(N2CCN(c3ncc(C(=O)NCCOCCOCCOCCC(=O)CCCCCn4nc(-c5ccc6oc(N)nc6c5)c5c(N)ncnc54)cn3)CC2)nc1. The molecule has 1 amide bonds. The molecule has 5 aromatic heterocycles. The lowest BCUT2D eigenvalue weighted by Crippen LogP contribution is -2.47. The van der Waals surface area contributed by atoms with Crippen molar-refractivity contribution in [3.05, 3.63) is 60.4 Å². The van der Waals surface area contributed by atoms with Gasteiger partial charge < -0.3 is 50.9 Å². The Labute approximate surface area is 351 Å². The molecule has 61 heavy (non-hydrogen) atoms. The minimum Gasteiger partial charge on any atom is -0.424 e. The van der Waals surface area contributed by atoms with E-state index in [0.29, 0.717) is 136 Å². The topological polar surface area (TPSA) is 280 Å². The van der Waals surface area contributed by atoms with Crippen LogP contribution in [0.1, 0.15) is 48.0 Å². The summed E-state index contributed by atoms with van der Waals surface area (Å²) < 4.78 is 23.9. The van der Waals surface area contributed by atoms with Crippen LogP contribution in [-0.4, -0.2) is 129 Å². The van der Waals surface area contributed by atoms with E-state index in [0.717, 1.165) is 43.5 Å². The highest BCUT2D eigenvalue weighted by Crippen LogP contribution is 2.32. The first kappa shape index (κ1) is 42.7. The van der Waals surface area contributed by atoms with Crippen LogP contribution < -0.4 is 32.3 Å². The second kappa shape index (κ2) is 21.2. The summed E-state index contributed by atoms with van der Waals surface area (Å²) in [5, 5.41) is 8.31. The Hall–Kier alpha value is -6.42. The highest BCUT2D eigenvalue weighted by atomic mass is 16.5. The van der Waals surface area contributed by atoms with Crippen LogP contribution in [0.4, 0.5) is 23.7 Å². The fraction of sp³-hybridized carbons (Fsp3) is 0.450. The Morgan fingerprint density at radius 1 is 0.770 bits per heavy atom. The lowest BCUT2D eigenvalue weighted by Gasteiger charge is -2.34. The quantitative estimate of drug-likeness (QED) is 0.0673. The smallest absolute Gasteiger partial charge is 0.292 e. The van der Waals surface area contributed by atoms with Crippen LogP contribution in [-0.2, 0) is 32.1 Å². The molecule has 1 fully saturated rings. The third kappa shape index (κ3) is 11.4. The number of nitrogens with one attached hydrogen (secondary N) is 1. The van der Waals surface area contributed by atoms with Crippen molar-refractivity contribution in [2.75, 3.05) is 93.6 Å². The minimum atomic E-state index is -0.271. The molecule has 1 aliphatic rings. The normalized spacial score (nSPS) is 13.1. The number of aromatic nitrogens is 9.